The van der Waals surface area contributed by atoms with Crippen molar-refractivity contribution in [3.8, 4) is 0 Å². The van der Waals surface area contributed by atoms with Crippen molar-refractivity contribution < 1.29 is 4.79 Å². The van der Waals surface area contributed by atoms with Gasteiger partial charge in [0.25, 0.3) is 5.56 Å². The van der Waals surface area contributed by atoms with Crippen molar-refractivity contribution in [2.45, 2.75) is 59.0 Å². The van der Waals surface area contributed by atoms with Gasteiger partial charge in [-0.05, 0) is 50.8 Å². The molecule has 30 heavy (non-hydrogen) atoms. The minimum atomic E-state index is -0.0139. The van der Waals surface area contributed by atoms with E-state index in [0.717, 1.165) is 30.8 Å². The molecule has 4 rings (SSSR count). The third-order valence-corrected chi connectivity index (χ3v) is 5.60. The van der Waals surface area contributed by atoms with Gasteiger partial charge in [-0.2, -0.15) is 5.10 Å². The first-order chi connectivity index (χ1) is 14.4. The summed E-state index contributed by atoms with van der Waals surface area (Å²) in [5.41, 5.74) is 2.85. The van der Waals surface area contributed by atoms with E-state index in [1.54, 1.807) is 4.57 Å². The molecule has 1 fully saturated rings. The Balaban J connectivity index is 1.37. The van der Waals surface area contributed by atoms with E-state index >= 15 is 0 Å². The Morgan fingerprint density at radius 3 is 2.73 bits per heavy atom. The van der Waals surface area contributed by atoms with Crippen LogP contribution >= 0.6 is 0 Å². The molecule has 1 aliphatic rings. The van der Waals surface area contributed by atoms with Gasteiger partial charge in [-0.1, -0.05) is 19.1 Å². The predicted octanol–water partition coefficient (Wildman–Crippen LogP) is 2.93. The van der Waals surface area contributed by atoms with Gasteiger partial charge < -0.3 is 5.32 Å². The molecule has 1 aliphatic carbocycles. The standard InChI is InChI=1S/C23H29N5O2/c1-15(14-27-17(3)12-16(2)26-27)13-24-22(29)11-10-21-25-20-7-5-4-6-19(20)23(30)28(21)18-8-9-18/h4-7,12,15,18H,8-11,13-14H2,1-3H3,(H,24,29)/t15-/m0/s1. The van der Waals surface area contributed by atoms with E-state index in [1.165, 1.54) is 0 Å². The first-order valence-corrected chi connectivity index (χ1v) is 10.7. The summed E-state index contributed by atoms with van der Waals surface area (Å²) in [6.45, 7) is 7.50. The molecular weight excluding hydrogens is 378 g/mol. The van der Waals surface area contributed by atoms with Gasteiger partial charge in [-0.15, -0.1) is 0 Å². The monoisotopic (exact) mass is 407 g/mol. The highest BCUT2D eigenvalue weighted by Crippen LogP contribution is 2.34. The molecule has 0 saturated heterocycles. The topological polar surface area (TPSA) is 81.8 Å². The number of aromatic nitrogens is 4. The number of rotatable bonds is 8. The fourth-order valence-corrected chi connectivity index (χ4v) is 3.90. The molecule has 1 saturated carbocycles. The number of amides is 1. The van der Waals surface area contributed by atoms with Crippen LogP contribution in [0.1, 0.15) is 49.4 Å². The zero-order valence-corrected chi connectivity index (χ0v) is 17.9. The van der Waals surface area contributed by atoms with Crippen LogP contribution in [-0.2, 0) is 17.8 Å². The van der Waals surface area contributed by atoms with E-state index in [0.29, 0.717) is 36.1 Å². The van der Waals surface area contributed by atoms with Crippen LogP contribution in [0.25, 0.3) is 10.9 Å². The Kier molecular flexibility index (Phi) is 5.70. The molecule has 0 aliphatic heterocycles. The predicted molar refractivity (Wildman–Crippen MR) is 116 cm³/mol. The van der Waals surface area contributed by atoms with Crippen molar-refractivity contribution in [3.05, 3.63) is 57.9 Å². The molecule has 1 atom stereocenters. The van der Waals surface area contributed by atoms with Gasteiger partial charge >= 0.3 is 0 Å². The summed E-state index contributed by atoms with van der Waals surface area (Å²) in [5, 5.41) is 8.15. The molecule has 1 aromatic carbocycles. The van der Waals surface area contributed by atoms with Gasteiger partial charge in [0, 0.05) is 37.7 Å². The Hall–Kier alpha value is -2.96. The molecule has 0 radical (unpaired) electrons. The van der Waals surface area contributed by atoms with Crippen LogP contribution in [-0.4, -0.2) is 31.8 Å². The van der Waals surface area contributed by atoms with Crippen molar-refractivity contribution in [2.75, 3.05) is 6.54 Å². The second-order valence-corrected chi connectivity index (χ2v) is 8.47. The molecule has 0 unspecified atom stereocenters. The van der Waals surface area contributed by atoms with E-state index in [9.17, 15) is 9.59 Å². The van der Waals surface area contributed by atoms with Crippen molar-refractivity contribution in [1.29, 1.82) is 0 Å². The number of aryl methyl sites for hydroxylation is 3. The number of hydrogen-bond donors (Lipinski definition) is 1. The van der Waals surface area contributed by atoms with Crippen molar-refractivity contribution in [3.63, 3.8) is 0 Å². The molecule has 0 spiro atoms. The summed E-state index contributed by atoms with van der Waals surface area (Å²) >= 11 is 0. The molecule has 7 nitrogen and oxygen atoms in total. The number of para-hydroxylation sites is 1. The highest BCUT2D eigenvalue weighted by Gasteiger charge is 2.28. The SMILES string of the molecule is Cc1cc(C)n(C[C@@H](C)CNC(=O)CCc2nc3ccccc3c(=O)n2C2CC2)n1. The number of fused-ring (bicyclic) bond motifs is 1. The molecule has 1 amide bonds. The third-order valence-electron chi connectivity index (χ3n) is 5.60. The van der Waals surface area contributed by atoms with Gasteiger partial charge in [0.2, 0.25) is 5.91 Å². The summed E-state index contributed by atoms with van der Waals surface area (Å²) in [7, 11) is 0. The second kappa shape index (κ2) is 8.42. The third kappa shape index (κ3) is 4.45. The fraction of sp³-hybridized carbons (Fsp3) is 0.478. The maximum Gasteiger partial charge on any atom is 0.261 e. The lowest BCUT2D eigenvalue weighted by Crippen LogP contribution is -2.31. The van der Waals surface area contributed by atoms with Gasteiger partial charge in [0.1, 0.15) is 5.82 Å². The van der Waals surface area contributed by atoms with Crippen LogP contribution in [0, 0.1) is 19.8 Å². The zero-order chi connectivity index (χ0) is 21.3. The maximum atomic E-state index is 12.9. The first kappa shape index (κ1) is 20.3. The van der Waals surface area contributed by atoms with Gasteiger partial charge in [-0.3, -0.25) is 18.8 Å². The molecule has 2 heterocycles. The largest absolute Gasteiger partial charge is 0.356 e. The van der Waals surface area contributed by atoms with E-state index < -0.39 is 0 Å². The van der Waals surface area contributed by atoms with E-state index in [2.05, 4.69) is 23.4 Å². The van der Waals surface area contributed by atoms with Gasteiger partial charge in [-0.25, -0.2) is 4.98 Å². The first-order valence-electron chi connectivity index (χ1n) is 10.7. The minimum absolute atomic E-state index is 0.0111. The second-order valence-electron chi connectivity index (χ2n) is 8.47. The lowest BCUT2D eigenvalue weighted by Gasteiger charge is -2.15. The quantitative estimate of drug-likeness (QED) is 0.622. The average Bonchev–Trinajstić information content (AvgIpc) is 3.50. The van der Waals surface area contributed by atoms with Crippen LogP contribution in [0.2, 0.25) is 0 Å². The van der Waals surface area contributed by atoms with Crippen molar-refractivity contribution in [2.24, 2.45) is 5.92 Å². The summed E-state index contributed by atoms with van der Waals surface area (Å²) in [4.78, 5) is 30.1. The highest BCUT2D eigenvalue weighted by molar-refractivity contribution is 5.78. The molecule has 7 heteroatoms. The molecule has 3 aromatic rings. The zero-order valence-electron chi connectivity index (χ0n) is 17.9. The van der Waals surface area contributed by atoms with E-state index in [4.69, 9.17) is 4.98 Å². The Labute approximate surface area is 176 Å². The average molecular weight is 408 g/mol. The fourth-order valence-electron chi connectivity index (χ4n) is 3.90. The molecule has 1 N–H and O–H groups in total. The number of benzene rings is 1. The normalized spacial score (nSPS) is 14.8. The van der Waals surface area contributed by atoms with Crippen LogP contribution < -0.4 is 10.9 Å². The van der Waals surface area contributed by atoms with Crippen molar-refractivity contribution >= 4 is 16.8 Å². The molecule has 158 valence electrons. The summed E-state index contributed by atoms with van der Waals surface area (Å²) < 4.78 is 3.79. The Morgan fingerprint density at radius 1 is 1.27 bits per heavy atom. The summed E-state index contributed by atoms with van der Waals surface area (Å²) in [6.07, 6.45) is 2.80. The van der Waals surface area contributed by atoms with E-state index in [1.807, 2.05) is 42.8 Å². The van der Waals surface area contributed by atoms with Crippen LogP contribution in [0.15, 0.2) is 35.1 Å². The number of carbonyl (C=O) groups is 1. The van der Waals surface area contributed by atoms with Gasteiger partial charge in [0.05, 0.1) is 16.6 Å². The lowest BCUT2D eigenvalue weighted by molar-refractivity contribution is -0.121. The maximum absolute atomic E-state index is 12.9. The summed E-state index contributed by atoms with van der Waals surface area (Å²) in [5.74, 6) is 0.974. The molecule has 0 bridgehead atoms. The number of hydrogen-bond acceptors (Lipinski definition) is 4. The Bertz CT molecular complexity index is 1130. The Morgan fingerprint density at radius 2 is 2.03 bits per heavy atom. The molecular formula is C23H29N5O2. The number of carbonyl (C=O) groups excluding carboxylic acids is 1. The number of nitrogens with one attached hydrogen (secondary N) is 1. The van der Waals surface area contributed by atoms with E-state index in [-0.39, 0.29) is 23.4 Å². The lowest BCUT2D eigenvalue weighted by atomic mass is 10.1. The van der Waals surface area contributed by atoms with Crippen LogP contribution in [0.4, 0.5) is 0 Å². The van der Waals surface area contributed by atoms with Crippen LogP contribution in [0.5, 0.6) is 0 Å². The van der Waals surface area contributed by atoms with Crippen molar-refractivity contribution in [1.82, 2.24) is 24.6 Å². The summed E-state index contributed by atoms with van der Waals surface area (Å²) in [6, 6.07) is 9.72. The molecule has 2 aromatic heterocycles. The van der Waals surface area contributed by atoms with Gasteiger partial charge in [0.15, 0.2) is 0 Å². The minimum Gasteiger partial charge on any atom is -0.356 e. The number of nitrogens with zero attached hydrogens (tertiary/aromatic N) is 4. The van der Waals surface area contributed by atoms with Crippen LogP contribution in [0.3, 0.4) is 0 Å². The smallest absolute Gasteiger partial charge is 0.261 e. The highest BCUT2D eigenvalue weighted by atomic mass is 16.1.